The zero-order valence-corrected chi connectivity index (χ0v) is 30.3. The molecule has 59 heavy (non-hydrogen) atoms. The van der Waals surface area contributed by atoms with Crippen LogP contribution < -0.4 is 19.7 Å². The van der Waals surface area contributed by atoms with E-state index < -0.39 is 47.3 Å². The molecule has 0 aliphatic carbocycles. The molecule has 5 aromatic rings. The normalized spacial score (nSPS) is 15.2. The molecule has 18 nitrogen and oxygen atoms in total. The number of carbonyl (C=O) groups is 8. The lowest BCUT2D eigenvalue weighted by molar-refractivity contribution is 0.00108. The third-order valence-corrected chi connectivity index (χ3v) is 9.72. The van der Waals surface area contributed by atoms with Gasteiger partial charge in [-0.1, -0.05) is 0 Å². The molecule has 4 aliphatic rings. The number of ether oxygens (including phenoxy) is 4. The third-order valence-electron chi connectivity index (χ3n) is 9.72. The van der Waals surface area contributed by atoms with E-state index in [0.717, 1.165) is 14.7 Å². The molecule has 0 fully saturated rings. The minimum Gasteiger partial charge on any atom is -0.457 e. The van der Waals surface area contributed by atoms with Gasteiger partial charge in [-0.3, -0.25) is 48.6 Å². The molecule has 0 spiro atoms. The van der Waals surface area contributed by atoms with Crippen molar-refractivity contribution in [3.8, 4) is 23.0 Å². The molecule has 8 amide bonds. The predicted octanol–water partition coefficient (Wildman–Crippen LogP) is 3.63. The third kappa shape index (κ3) is 6.43. The van der Waals surface area contributed by atoms with Crippen molar-refractivity contribution in [1.82, 2.24) is 25.1 Å². The second kappa shape index (κ2) is 14.5. The Labute approximate surface area is 331 Å². The van der Waals surface area contributed by atoms with Crippen molar-refractivity contribution < 1.29 is 57.3 Å². The van der Waals surface area contributed by atoms with Crippen molar-refractivity contribution in [3.05, 3.63) is 136 Å². The Balaban J connectivity index is 0.739. The number of hydrogen-bond acceptors (Lipinski definition) is 14. The van der Waals surface area contributed by atoms with E-state index >= 15 is 0 Å². The van der Waals surface area contributed by atoms with Crippen molar-refractivity contribution in [3.63, 3.8) is 0 Å². The lowest BCUT2D eigenvalue weighted by Crippen LogP contribution is -2.34. The van der Waals surface area contributed by atoms with Gasteiger partial charge in [-0.15, -0.1) is 0 Å². The predicted molar refractivity (Wildman–Crippen MR) is 198 cm³/mol. The van der Waals surface area contributed by atoms with E-state index in [1.54, 1.807) is 6.07 Å². The summed E-state index contributed by atoms with van der Waals surface area (Å²) in [6.45, 7) is -0.433. The number of carbonyl (C=O) groups excluding carboxylic acids is 8. The monoisotopic (exact) mass is 794 g/mol. The van der Waals surface area contributed by atoms with E-state index in [1.165, 1.54) is 85.2 Å². The second-order valence-electron chi connectivity index (χ2n) is 13.3. The summed E-state index contributed by atoms with van der Waals surface area (Å²) in [5, 5.41) is 2.20. The Morgan fingerprint density at radius 1 is 0.458 bits per heavy atom. The Morgan fingerprint density at radius 3 is 1.51 bits per heavy atom. The standard InChI is InChI=1S/C41H26N6O12/c48-33-25-6-2-21(16-29(25)34(49)44-33)58-23-4-8-27-31(18-23)38(53)46(36(27)51)20-57-15-14-56-13-12-45-35(50)26-7-3-22(17-30(26)37(45)52)59-24-5-9-28-32(19-24)40(55)47(39(28)54)41-42-10-1-11-43-41/h1-11,16-19H,12-15,20H2,(H,44,48,49). The van der Waals surface area contributed by atoms with Crippen LogP contribution in [0.2, 0.25) is 0 Å². The maximum Gasteiger partial charge on any atom is 0.268 e. The van der Waals surface area contributed by atoms with Gasteiger partial charge in [-0.2, -0.15) is 0 Å². The molecule has 292 valence electrons. The first-order valence-electron chi connectivity index (χ1n) is 17.9. The Morgan fingerprint density at radius 2 is 0.898 bits per heavy atom. The highest BCUT2D eigenvalue weighted by Crippen LogP contribution is 2.34. The smallest absolute Gasteiger partial charge is 0.268 e. The minimum absolute atomic E-state index is 0.0144. The largest absolute Gasteiger partial charge is 0.457 e. The van der Waals surface area contributed by atoms with Crippen LogP contribution in [0.4, 0.5) is 5.95 Å². The maximum absolute atomic E-state index is 13.2. The molecule has 0 saturated heterocycles. The van der Waals surface area contributed by atoms with E-state index in [-0.39, 0.29) is 107 Å². The molecular formula is C41H26N6O12. The minimum atomic E-state index is -0.612. The van der Waals surface area contributed by atoms with Crippen LogP contribution in [0, 0.1) is 0 Å². The average Bonchev–Trinajstić information content (AvgIpc) is 3.84. The summed E-state index contributed by atoms with van der Waals surface area (Å²) < 4.78 is 22.8. The number of anilines is 1. The Hall–Kier alpha value is -7.96. The van der Waals surface area contributed by atoms with Gasteiger partial charge >= 0.3 is 0 Å². The van der Waals surface area contributed by atoms with Gasteiger partial charge in [0.1, 0.15) is 29.7 Å². The van der Waals surface area contributed by atoms with E-state index in [9.17, 15) is 38.4 Å². The van der Waals surface area contributed by atoms with Crippen molar-refractivity contribution in [1.29, 1.82) is 0 Å². The molecule has 0 atom stereocenters. The summed E-state index contributed by atoms with van der Waals surface area (Å²) >= 11 is 0. The molecule has 0 bridgehead atoms. The second-order valence-corrected chi connectivity index (χ2v) is 13.3. The van der Waals surface area contributed by atoms with Gasteiger partial charge in [0, 0.05) is 12.4 Å². The van der Waals surface area contributed by atoms with E-state index in [2.05, 4.69) is 15.3 Å². The number of nitrogens with one attached hydrogen (secondary N) is 1. The van der Waals surface area contributed by atoms with Crippen LogP contribution in [0.3, 0.4) is 0 Å². The van der Waals surface area contributed by atoms with Crippen molar-refractivity contribution in [2.75, 3.05) is 38.0 Å². The molecular weight excluding hydrogens is 768 g/mol. The quantitative estimate of drug-likeness (QED) is 0.133. The first-order chi connectivity index (χ1) is 28.6. The van der Waals surface area contributed by atoms with Crippen molar-refractivity contribution >= 4 is 53.2 Å². The first kappa shape index (κ1) is 36.7. The first-order valence-corrected chi connectivity index (χ1v) is 17.9. The highest BCUT2D eigenvalue weighted by Gasteiger charge is 2.40. The SMILES string of the molecule is O=C1NC(=O)c2cc(Oc3ccc4c(c3)C(=O)N(COCCOCCN3C(=O)c5ccc(Oc6ccc7c(c6)C(=O)N(c6ncccn6)C7=O)cc5C3=O)C4=O)ccc21. The van der Waals surface area contributed by atoms with E-state index in [1.807, 2.05) is 0 Å². The molecule has 1 aromatic heterocycles. The summed E-state index contributed by atoms with van der Waals surface area (Å²) in [5.74, 6) is -3.57. The lowest BCUT2D eigenvalue weighted by Gasteiger charge is -2.15. The summed E-state index contributed by atoms with van der Waals surface area (Å²) in [6.07, 6.45) is 2.83. The number of rotatable bonds is 13. The van der Waals surface area contributed by atoms with Crippen LogP contribution in [-0.4, -0.2) is 100 Å². The molecule has 0 radical (unpaired) electrons. The average molecular weight is 795 g/mol. The summed E-state index contributed by atoms with van der Waals surface area (Å²) in [4.78, 5) is 113. The molecule has 4 aromatic carbocycles. The number of amides is 8. The number of fused-ring (bicyclic) bond motifs is 4. The highest BCUT2D eigenvalue weighted by atomic mass is 16.5. The van der Waals surface area contributed by atoms with Crippen LogP contribution in [0.1, 0.15) is 82.9 Å². The van der Waals surface area contributed by atoms with E-state index in [0.29, 0.717) is 0 Å². The summed E-state index contributed by atoms with van der Waals surface area (Å²) in [5.41, 5.74) is 1.20. The van der Waals surface area contributed by atoms with Gasteiger partial charge in [-0.05, 0) is 78.9 Å². The highest BCUT2D eigenvalue weighted by molar-refractivity contribution is 6.34. The van der Waals surface area contributed by atoms with Crippen LogP contribution in [0.5, 0.6) is 23.0 Å². The zero-order valence-electron chi connectivity index (χ0n) is 30.3. The molecule has 1 N–H and O–H groups in total. The van der Waals surface area contributed by atoms with Gasteiger partial charge in [0.25, 0.3) is 47.3 Å². The van der Waals surface area contributed by atoms with Gasteiger partial charge in [0.2, 0.25) is 5.95 Å². The topological polar surface area (TPSA) is 221 Å². The lowest BCUT2D eigenvalue weighted by atomic mass is 10.1. The number of nitrogens with zero attached hydrogens (tertiary/aromatic N) is 5. The maximum atomic E-state index is 13.2. The van der Waals surface area contributed by atoms with Gasteiger partial charge in [-0.25, -0.2) is 19.8 Å². The molecule has 18 heteroatoms. The molecule has 0 unspecified atom stereocenters. The van der Waals surface area contributed by atoms with E-state index in [4.69, 9.17) is 18.9 Å². The van der Waals surface area contributed by atoms with Crippen molar-refractivity contribution in [2.24, 2.45) is 0 Å². The van der Waals surface area contributed by atoms with Crippen LogP contribution in [0.25, 0.3) is 0 Å². The molecule has 5 heterocycles. The number of benzene rings is 4. The fourth-order valence-electron chi connectivity index (χ4n) is 6.87. The summed E-state index contributed by atoms with van der Waals surface area (Å²) in [7, 11) is 0. The van der Waals surface area contributed by atoms with Gasteiger partial charge in [0.15, 0.2) is 0 Å². The number of imide groups is 4. The summed E-state index contributed by atoms with van der Waals surface area (Å²) in [6, 6.07) is 19.0. The Kier molecular flexibility index (Phi) is 9.02. The fourth-order valence-corrected chi connectivity index (χ4v) is 6.87. The molecule has 9 rings (SSSR count). The number of aromatic nitrogens is 2. The number of hydrogen-bond donors (Lipinski definition) is 1. The zero-order chi connectivity index (χ0) is 40.9. The van der Waals surface area contributed by atoms with Gasteiger partial charge < -0.3 is 18.9 Å². The van der Waals surface area contributed by atoms with Gasteiger partial charge in [0.05, 0.1) is 70.9 Å². The van der Waals surface area contributed by atoms with Crippen LogP contribution in [0.15, 0.2) is 91.3 Å². The fraction of sp³-hybridized carbons (Fsp3) is 0.122. The molecule has 0 saturated carbocycles. The molecule has 4 aliphatic heterocycles. The van der Waals surface area contributed by atoms with Crippen LogP contribution >= 0.6 is 0 Å². The Bertz CT molecular complexity index is 2720. The van der Waals surface area contributed by atoms with Crippen molar-refractivity contribution in [2.45, 2.75) is 0 Å². The van der Waals surface area contributed by atoms with Crippen LogP contribution in [-0.2, 0) is 9.47 Å².